The summed E-state index contributed by atoms with van der Waals surface area (Å²) in [4.78, 5) is 10.4. The molecule has 0 aliphatic carbocycles. The number of hydrogen-bond donors (Lipinski definition) is 1. The number of nitrogens with one attached hydrogen (secondary N) is 1. The first-order valence-electron chi connectivity index (χ1n) is 6.87. The largest absolute Gasteiger partial charge is 0.288 e. The number of rotatable bonds is 4. The van der Waals surface area contributed by atoms with Crippen LogP contribution in [0.3, 0.4) is 0 Å². The lowest BCUT2D eigenvalue weighted by Gasteiger charge is -2.01. The number of aromatic amines is 1. The van der Waals surface area contributed by atoms with Crippen molar-refractivity contribution >= 4 is 47.3 Å². The van der Waals surface area contributed by atoms with Crippen molar-refractivity contribution in [2.75, 3.05) is 0 Å². The van der Waals surface area contributed by atoms with Crippen molar-refractivity contribution in [2.24, 2.45) is 5.10 Å². The van der Waals surface area contributed by atoms with E-state index < -0.39 is 4.92 Å². The van der Waals surface area contributed by atoms with Gasteiger partial charge in [-0.3, -0.25) is 10.1 Å². The number of hydrogen-bond acceptors (Lipinski definition) is 5. The highest BCUT2D eigenvalue weighted by Crippen LogP contribution is 2.24. The minimum absolute atomic E-state index is 0.0592. The van der Waals surface area contributed by atoms with E-state index in [4.69, 9.17) is 35.4 Å². The van der Waals surface area contributed by atoms with Crippen molar-refractivity contribution < 1.29 is 4.92 Å². The van der Waals surface area contributed by atoms with Crippen LogP contribution in [0.4, 0.5) is 5.69 Å². The highest BCUT2D eigenvalue weighted by molar-refractivity contribution is 7.71. The predicted octanol–water partition coefficient (Wildman–Crippen LogP) is 4.70. The third-order valence-corrected chi connectivity index (χ3v) is 4.08. The van der Waals surface area contributed by atoms with Crippen LogP contribution in [-0.4, -0.2) is 26.0 Å². The fraction of sp³-hybridized carbons (Fsp3) is 0. The van der Waals surface area contributed by atoms with E-state index in [0.29, 0.717) is 16.4 Å². The van der Waals surface area contributed by atoms with Crippen molar-refractivity contribution in [3.05, 3.63) is 73.0 Å². The average molecular weight is 394 g/mol. The molecule has 0 aliphatic rings. The van der Waals surface area contributed by atoms with Gasteiger partial charge in [0.05, 0.1) is 11.1 Å². The number of nitro benzene ring substituents is 1. The van der Waals surface area contributed by atoms with Gasteiger partial charge >= 0.3 is 0 Å². The van der Waals surface area contributed by atoms with Crippen molar-refractivity contribution in [3.8, 4) is 11.4 Å². The maximum atomic E-state index is 11.0. The van der Waals surface area contributed by atoms with E-state index in [1.165, 1.54) is 23.0 Å². The summed E-state index contributed by atoms with van der Waals surface area (Å²) in [6.07, 6.45) is 1.44. The van der Waals surface area contributed by atoms with Crippen LogP contribution in [-0.2, 0) is 0 Å². The minimum Gasteiger partial charge on any atom is -0.258 e. The molecule has 3 aromatic rings. The summed E-state index contributed by atoms with van der Waals surface area (Å²) in [5.41, 5.74) is 1.07. The topological polar surface area (TPSA) is 89.1 Å². The number of halogens is 2. The zero-order chi connectivity index (χ0) is 18.0. The fourth-order valence-electron chi connectivity index (χ4n) is 2.06. The maximum Gasteiger partial charge on any atom is 0.288 e. The molecule has 1 heterocycles. The quantitative estimate of drug-likeness (QED) is 0.301. The lowest BCUT2D eigenvalue weighted by molar-refractivity contribution is -0.384. The Morgan fingerprint density at radius 3 is 2.64 bits per heavy atom. The summed E-state index contributed by atoms with van der Waals surface area (Å²) >= 11 is 16.9. The maximum absolute atomic E-state index is 11.0. The lowest BCUT2D eigenvalue weighted by Crippen LogP contribution is -1.96. The molecule has 2 aromatic carbocycles. The van der Waals surface area contributed by atoms with Gasteiger partial charge in [-0.1, -0.05) is 29.3 Å². The van der Waals surface area contributed by atoms with Gasteiger partial charge in [-0.2, -0.15) is 14.9 Å². The van der Waals surface area contributed by atoms with Crippen LogP contribution in [0.1, 0.15) is 5.56 Å². The molecular formula is C15H9Cl2N5O2S. The Balaban J connectivity index is 1.99. The summed E-state index contributed by atoms with van der Waals surface area (Å²) < 4.78 is 1.70. The Hall–Kier alpha value is -2.55. The van der Waals surface area contributed by atoms with Gasteiger partial charge in [0.1, 0.15) is 5.02 Å². The van der Waals surface area contributed by atoms with Gasteiger partial charge in [0, 0.05) is 22.2 Å². The van der Waals surface area contributed by atoms with E-state index in [0.717, 1.165) is 5.56 Å². The molecule has 0 unspecified atom stereocenters. The molecule has 0 fully saturated rings. The highest BCUT2D eigenvalue weighted by atomic mass is 35.5. The van der Waals surface area contributed by atoms with Gasteiger partial charge in [0.15, 0.2) is 5.82 Å². The van der Waals surface area contributed by atoms with Crippen LogP contribution in [0, 0.1) is 14.9 Å². The van der Waals surface area contributed by atoms with Gasteiger partial charge in [-0.15, -0.1) is 0 Å². The number of aromatic nitrogens is 3. The molecule has 126 valence electrons. The molecule has 0 spiro atoms. The van der Waals surface area contributed by atoms with Crippen LogP contribution in [0.2, 0.25) is 10.0 Å². The monoisotopic (exact) mass is 393 g/mol. The molecule has 25 heavy (non-hydrogen) atoms. The lowest BCUT2D eigenvalue weighted by atomic mass is 10.2. The first-order chi connectivity index (χ1) is 12.0. The van der Waals surface area contributed by atoms with Gasteiger partial charge in [-0.25, -0.2) is 5.10 Å². The second-order valence-electron chi connectivity index (χ2n) is 4.88. The SMILES string of the molecule is O=[N+]([O-])c1cc(/C=N/n2c(-c3ccc(Cl)cc3)n[nH]c2=S)ccc1Cl. The molecule has 0 aliphatic heterocycles. The smallest absolute Gasteiger partial charge is 0.258 e. The molecule has 1 aromatic heterocycles. The van der Waals surface area contributed by atoms with E-state index in [1.807, 2.05) is 0 Å². The number of nitro groups is 1. The van der Waals surface area contributed by atoms with Crippen molar-refractivity contribution in [2.45, 2.75) is 0 Å². The standard InChI is InChI=1S/C15H9Cl2N5O2S/c16-11-4-2-10(3-5-11)14-19-20-15(25)21(14)18-8-9-1-6-12(17)13(7-9)22(23)24/h1-8H,(H,20,25)/b18-8+. The van der Waals surface area contributed by atoms with E-state index >= 15 is 0 Å². The summed E-state index contributed by atoms with van der Waals surface area (Å²) in [7, 11) is 0. The molecule has 0 bridgehead atoms. The Labute approximate surface area is 156 Å². The Morgan fingerprint density at radius 2 is 1.96 bits per heavy atom. The summed E-state index contributed by atoms with van der Waals surface area (Å²) in [5.74, 6) is 0.487. The van der Waals surface area contributed by atoms with Crippen LogP contribution < -0.4 is 0 Å². The molecule has 0 atom stereocenters. The third kappa shape index (κ3) is 3.76. The van der Waals surface area contributed by atoms with Crippen LogP contribution in [0.5, 0.6) is 0 Å². The first-order valence-corrected chi connectivity index (χ1v) is 8.04. The second-order valence-corrected chi connectivity index (χ2v) is 6.11. The number of nitrogens with zero attached hydrogens (tertiary/aromatic N) is 4. The first kappa shape index (κ1) is 17.3. The molecule has 7 nitrogen and oxygen atoms in total. The summed E-state index contributed by atoms with van der Waals surface area (Å²) in [6, 6.07) is 11.4. The zero-order valence-electron chi connectivity index (χ0n) is 12.4. The van der Waals surface area contributed by atoms with E-state index in [-0.39, 0.29) is 15.5 Å². The van der Waals surface area contributed by atoms with Gasteiger partial charge in [-0.05, 0) is 42.5 Å². The van der Waals surface area contributed by atoms with E-state index in [2.05, 4.69) is 15.3 Å². The molecule has 1 N–H and O–H groups in total. The number of H-pyrrole nitrogens is 1. The fourth-order valence-corrected chi connectivity index (χ4v) is 2.55. The minimum atomic E-state index is -0.553. The van der Waals surface area contributed by atoms with Gasteiger partial charge in [0.2, 0.25) is 4.77 Å². The summed E-state index contributed by atoms with van der Waals surface area (Å²) in [6.45, 7) is 0. The average Bonchev–Trinajstić information content (AvgIpc) is 2.95. The molecule has 3 rings (SSSR count). The molecule has 0 saturated heterocycles. The normalized spacial score (nSPS) is 11.1. The molecular weight excluding hydrogens is 385 g/mol. The number of benzene rings is 2. The van der Waals surface area contributed by atoms with Crippen molar-refractivity contribution in [1.82, 2.24) is 14.9 Å². The molecule has 0 radical (unpaired) electrons. The van der Waals surface area contributed by atoms with Crippen molar-refractivity contribution in [1.29, 1.82) is 0 Å². The van der Waals surface area contributed by atoms with Crippen molar-refractivity contribution in [3.63, 3.8) is 0 Å². The Bertz CT molecular complexity index is 1030. The third-order valence-electron chi connectivity index (χ3n) is 3.24. The van der Waals surface area contributed by atoms with E-state index in [9.17, 15) is 10.1 Å². The van der Waals surface area contributed by atoms with Crippen LogP contribution in [0.25, 0.3) is 11.4 Å². The zero-order valence-corrected chi connectivity index (χ0v) is 14.7. The Kier molecular flexibility index (Phi) is 4.93. The van der Waals surface area contributed by atoms with Crippen LogP contribution in [0.15, 0.2) is 47.6 Å². The highest BCUT2D eigenvalue weighted by Gasteiger charge is 2.12. The predicted molar refractivity (Wildman–Crippen MR) is 99.0 cm³/mol. The summed E-state index contributed by atoms with van der Waals surface area (Å²) in [5, 5.41) is 22.7. The molecule has 0 saturated carbocycles. The molecule has 10 heteroatoms. The van der Waals surface area contributed by atoms with Crippen LogP contribution >= 0.6 is 35.4 Å². The second kappa shape index (κ2) is 7.14. The molecule has 0 amide bonds. The van der Waals surface area contributed by atoms with Gasteiger partial charge in [0.25, 0.3) is 5.69 Å². The van der Waals surface area contributed by atoms with E-state index in [1.54, 1.807) is 30.3 Å². The van der Waals surface area contributed by atoms with Gasteiger partial charge < -0.3 is 0 Å². The Morgan fingerprint density at radius 1 is 1.24 bits per heavy atom.